The van der Waals surface area contributed by atoms with E-state index in [1.165, 1.54) is 56.1 Å². The Balaban J connectivity index is 0. The topological polar surface area (TPSA) is 189 Å². The monoisotopic (exact) mass is 603 g/mol. The SMILES string of the molecule is CC(C)C.CC(C)C.N.O=C(O)O.O=C(O)O.c1cncc(-c2cc(Cc3ccc(CCC4CCCCC4)cc3)no2)c1. The van der Waals surface area contributed by atoms with Crippen molar-refractivity contribution in [2.24, 2.45) is 17.8 Å². The largest absolute Gasteiger partial charge is 0.503 e. The van der Waals surface area contributed by atoms with E-state index in [0.717, 1.165) is 41.2 Å². The van der Waals surface area contributed by atoms with E-state index in [4.69, 9.17) is 34.5 Å². The van der Waals surface area contributed by atoms with Gasteiger partial charge in [-0.2, -0.15) is 0 Å². The van der Waals surface area contributed by atoms with E-state index >= 15 is 0 Å². The van der Waals surface area contributed by atoms with E-state index in [9.17, 15) is 0 Å². The van der Waals surface area contributed by atoms with Crippen LogP contribution in [0.5, 0.6) is 0 Å². The summed E-state index contributed by atoms with van der Waals surface area (Å²) in [5, 5.41) is 32.1. The van der Waals surface area contributed by atoms with E-state index in [-0.39, 0.29) is 6.15 Å². The third kappa shape index (κ3) is 25.5. The molecule has 43 heavy (non-hydrogen) atoms. The van der Waals surface area contributed by atoms with Crippen molar-refractivity contribution < 1.29 is 34.5 Å². The van der Waals surface area contributed by atoms with Crippen LogP contribution in [-0.4, -0.2) is 42.9 Å². The zero-order chi connectivity index (χ0) is 31.9. The van der Waals surface area contributed by atoms with Crippen LogP contribution in [0.15, 0.2) is 59.4 Å². The van der Waals surface area contributed by atoms with Gasteiger partial charge in [0.1, 0.15) is 0 Å². The lowest BCUT2D eigenvalue weighted by molar-refractivity contribution is 0.135. The molecule has 1 aromatic carbocycles. The summed E-state index contributed by atoms with van der Waals surface area (Å²) >= 11 is 0. The molecule has 0 atom stereocenters. The first-order valence-corrected chi connectivity index (χ1v) is 14.6. The molecule has 0 bridgehead atoms. The molecule has 0 radical (unpaired) electrons. The Morgan fingerprint density at radius 1 is 0.837 bits per heavy atom. The molecule has 2 aromatic heterocycles. The highest BCUT2D eigenvalue weighted by Gasteiger charge is 2.13. The number of nitrogens with zero attached hydrogens (tertiary/aromatic N) is 2. The van der Waals surface area contributed by atoms with Crippen LogP contribution in [0.4, 0.5) is 9.59 Å². The molecule has 0 unspecified atom stereocenters. The lowest BCUT2D eigenvalue weighted by Crippen LogP contribution is -2.07. The molecule has 0 aliphatic heterocycles. The molecule has 4 rings (SSSR count). The lowest BCUT2D eigenvalue weighted by Gasteiger charge is -2.21. The first-order valence-electron chi connectivity index (χ1n) is 14.6. The van der Waals surface area contributed by atoms with Gasteiger partial charge >= 0.3 is 12.3 Å². The van der Waals surface area contributed by atoms with Crippen molar-refractivity contribution in [2.75, 3.05) is 0 Å². The molecule has 10 nitrogen and oxygen atoms in total. The molecule has 1 aliphatic carbocycles. The lowest BCUT2D eigenvalue weighted by atomic mass is 9.85. The van der Waals surface area contributed by atoms with Crippen LogP contribution in [0.1, 0.15) is 96.9 Å². The van der Waals surface area contributed by atoms with Crippen molar-refractivity contribution in [2.45, 2.75) is 92.9 Å². The van der Waals surface area contributed by atoms with E-state index < -0.39 is 12.3 Å². The first kappa shape index (κ1) is 41.2. The highest BCUT2D eigenvalue weighted by atomic mass is 16.6. The molecule has 7 N–H and O–H groups in total. The van der Waals surface area contributed by atoms with Gasteiger partial charge in [-0.3, -0.25) is 4.98 Å². The summed E-state index contributed by atoms with van der Waals surface area (Å²) < 4.78 is 5.46. The highest BCUT2D eigenvalue weighted by Crippen LogP contribution is 2.27. The summed E-state index contributed by atoms with van der Waals surface area (Å²) in [5.74, 6) is 3.39. The Bertz CT molecular complexity index is 1060. The second kappa shape index (κ2) is 24.7. The zero-order valence-corrected chi connectivity index (χ0v) is 26.7. The van der Waals surface area contributed by atoms with Crippen LogP contribution in [0.2, 0.25) is 0 Å². The average molecular weight is 604 g/mol. The Morgan fingerprint density at radius 3 is 1.79 bits per heavy atom. The van der Waals surface area contributed by atoms with Crippen LogP contribution in [0, 0.1) is 17.8 Å². The van der Waals surface area contributed by atoms with E-state index in [1.54, 1.807) is 12.4 Å². The van der Waals surface area contributed by atoms with Gasteiger partial charge in [-0.1, -0.05) is 103 Å². The van der Waals surface area contributed by atoms with Gasteiger partial charge in [0.15, 0.2) is 5.76 Å². The summed E-state index contributed by atoms with van der Waals surface area (Å²) in [6, 6.07) is 14.9. The molecule has 1 saturated carbocycles. The fraction of sp³-hybridized carbons (Fsp3) is 0.515. The second-order valence-electron chi connectivity index (χ2n) is 11.5. The molecule has 2 heterocycles. The molecule has 242 valence electrons. The van der Waals surface area contributed by atoms with Crippen LogP contribution in [-0.2, 0) is 12.8 Å². The van der Waals surface area contributed by atoms with Gasteiger partial charge in [-0.15, -0.1) is 0 Å². The maximum absolute atomic E-state index is 8.56. The number of carbonyl (C=O) groups is 2. The Kier molecular flexibility index (Phi) is 23.6. The summed E-state index contributed by atoms with van der Waals surface area (Å²) in [4.78, 5) is 21.2. The van der Waals surface area contributed by atoms with E-state index in [1.807, 2.05) is 18.2 Å². The summed E-state index contributed by atoms with van der Waals surface area (Å²) in [6.45, 7) is 13.0. The minimum Gasteiger partial charge on any atom is -0.450 e. The van der Waals surface area contributed by atoms with Crippen molar-refractivity contribution in [3.05, 3.63) is 71.7 Å². The summed E-state index contributed by atoms with van der Waals surface area (Å²) in [7, 11) is 0. The van der Waals surface area contributed by atoms with Crippen molar-refractivity contribution in [3.8, 4) is 11.3 Å². The fourth-order valence-corrected chi connectivity index (χ4v) is 3.92. The van der Waals surface area contributed by atoms with Crippen molar-refractivity contribution in [1.29, 1.82) is 0 Å². The molecule has 0 amide bonds. The number of aromatic nitrogens is 2. The summed E-state index contributed by atoms with van der Waals surface area (Å²) in [6.07, 6.45) is 10.4. The first-order chi connectivity index (χ1) is 19.8. The third-order valence-electron chi connectivity index (χ3n) is 5.48. The number of hydrogen-bond donors (Lipinski definition) is 5. The number of benzene rings is 1. The molecule has 1 fully saturated rings. The molecule has 0 saturated heterocycles. The smallest absolute Gasteiger partial charge is 0.450 e. The molecular weight excluding hydrogens is 550 g/mol. The van der Waals surface area contributed by atoms with Gasteiger partial charge in [0, 0.05) is 30.4 Å². The quantitative estimate of drug-likeness (QED) is 0.181. The van der Waals surface area contributed by atoms with E-state index in [0.29, 0.717) is 0 Å². The van der Waals surface area contributed by atoms with Crippen LogP contribution >= 0.6 is 0 Å². The van der Waals surface area contributed by atoms with Gasteiger partial charge in [-0.25, -0.2) is 9.59 Å². The predicted molar refractivity (Wildman–Crippen MR) is 171 cm³/mol. The molecule has 3 aromatic rings. The predicted octanol–water partition coefficient (Wildman–Crippen LogP) is 9.77. The second-order valence-corrected chi connectivity index (χ2v) is 11.5. The maximum atomic E-state index is 8.56. The molecular formula is C33H53N3O7. The summed E-state index contributed by atoms with van der Waals surface area (Å²) in [5.41, 5.74) is 4.65. The van der Waals surface area contributed by atoms with Gasteiger partial charge in [0.25, 0.3) is 0 Å². The number of pyridine rings is 1. The Hall–Kier alpha value is -3.92. The van der Waals surface area contributed by atoms with Gasteiger partial charge in [0.05, 0.1) is 5.69 Å². The van der Waals surface area contributed by atoms with Crippen molar-refractivity contribution in [3.63, 3.8) is 0 Å². The maximum Gasteiger partial charge on any atom is 0.503 e. The minimum absolute atomic E-state index is 0. The Morgan fingerprint density at radius 2 is 1.33 bits per heavy atom. The number of rotatable bonds is 6. The average Bonchev–Trinajstić information content (AvgIpc) is 3.37. The van der Waals surface area contributed by atoms with Gasteiger partial charge in [0.2, 0.25) is 0 Å². The number of carboxylic acid groups (broad SMARTS) is 4. The molecule has 0 spiro atoms. The highest BCUT2D eigenvalue weighted by molar-refractivity contribution is 5.55. The number of aryl methyl sites for hydroxylation is 1. The van der Waals surface area contributed by atoms with Crippen LogP contribution in [0.3, 0.4) is 0 Å². The van der Waals surface area contributed by atoms with Crippen molar-refractivity contribution >= 4 is 12.3 Å². The van der Waals surface area contributed by atoms with Gasteiger partial charge < -0.3 is 31.1 Å². The molecule has 10 heteroatoms. The standard InChI is InChI=1S/C23H26N2O.2C4H10.2CH2O3.H3N/c1-2-5-18(6-3-1)8-9-19-10-12-20(13-11-19)15-22-16-23(26-25-22)21-7-4-14-24-17-21;2*1-4(2)3;2*2-1(3)4;/h4,7,10-14,16-18H,1-3,5-6,8-9,15H2;2*4H,1-3H3;2*(H2,2,3,4);1H3. The van der Waals surface area contributed by atoms with Crippen molar-refractivity contribution in [1.82, 2.24) is 16.3 Å². The number of hydrogen-bond acceptors (Lipinski definition) is 6. The fourth-order valence-electron chi connectivity index (χ4n) is 3.92. The third-order valence-corrected chi connectivity index (χ3v) is 5.48. The zero-order valence-electron chi connectivity index (χ0n) is 26.7. The Labute approximate surface area is 256 Å². The van der Waals surface area contributed by atoms with Gasteiger partial charge in [-0.05, 0) is 53.9 Å². The normalized spacial score (nSPS) is 12.0. The minimum atomic E-state index is -1.83. The van der Waals surface area contributed by atoms with E-state index in [2.05, 4.69) is 75.9 Å². The van der Waals surface area contributed by atoms with Crippen LogP contribution < -0.4 is 6.15 Å². The van der Waals surface area contributed by atoms with Crippen LogP contribution in [0.25, 0.3) is 11.3 Å². The molecule has 1 aliphatic rings.